The van der Waals surface area contributed by atoms with Gasteiger partial charge in [0.2, 0.25) is 5.75 Å². The molecule has 0 aliphatic carbocycles. The first kappa shape index (κ1) is 34.1. The van der Waals surface area contributed by atoms with Gasteiger partial charge in [0, 0.05) is 29.8 Å². The summed E-state index contributed by atoms with van der Waals surface area (Å²) in [5, 5.41) is 10.9. The first-order valence-electron chi connectivity index (χ1n) is 14.5. The van der Waals surface area contributed by atoms with Crippen molar-refractivity contribution in [2.45, 2.75) is 72.3 Å². The Balaban J connectivity index is 1.61. The van der Waals surface area contributed by atoms with Crippen molar-refractivity contribution < 1.29 is 43.1 Å². The van der Waals surface area contributed by atoms with E-state index >= 15 is 0 Å². The predicted molar refractivity (Wildman–Crippen MR) is 169 cm³/mol. The van der Waals surface area contributed by atoms with Crippen molar-refractivity contribution in [2.75, 3.05) is 0 Å². The van der Waals surface area contributed by atoms with Gasteiger partial charge in [-0.15, -0.1) is 0 Å². The SMILES string of the molecule is Cc1ncc(COc2ccccc2O[P+]([O-])=N[C@@H](Cc2cn(C(=O)OC(C)(C)C)c3ccccc23)C(=O)OC(C)C)c(C=O)c1O. The molecule has 4 aromatic rings. The van der Waals surface area contributed by atoms with E-state index in [2.05, 4.69) is 9.73 Å². The minimum absolute atomic E-state index is 0.0389. The van der Waals surface area contributed by atoms with Gasteiger partial charge < -0.3 is 24.2 Å². The molecule has 13 heteroatoms. The normalized spacial score (nSPS) is 12.6. The van der Waals surface area contributed by atoms with Crippen molar-refractivity contribution in [1.29, 1.82) is 0 Å². The molecule has 242 valence electrons. The molecule has 0 spiro atoms. The number of pyridine rings is 1. The van der Waals surface area contributed by atoms with E-state index in [1.165, 1.54) is 16.8 Å². The van der Waals surface area contributed by atoms with Crippen LogP contribution in [0.5, 0.6) is 17.2 Å². The average Bonchev–Trinajstić information content (AvgIpc) is 3.35. The lowest BCUT2D eigenvalue weighted by molar-refractivity contribution is -0.170. The fourth-order valence-electron chi connectivity index (χ4n) is 4.49. The van der Waals surface area contributed by atoms with Crippen LogP contribution in [0.25, 0.3) is 10.9 Å². The summed E-state index contributed by atoms with van der Waals surface area (Å²) in [4.78, 5) is 55.1. The van der Waals surface area contributed by atoms with Crippen LogP contribution in [0.15, 0.2) is 65.7 Å². The van der Waals surface area contributed by atoms with Crippen LogP contribution in [-0.2, 0) is 27.3 Å². The molecule has 0 radical (unpaired) electrons. The smallest absolute Gasteiger partial charge is 0.419 e. The quantitative estimate of drug-likeness (QED) is 0.115. The summed E-state index contributed by atoms with van der Waals surface area (Å²) in [5.74, 6) is -0.703. The molecule has 2 aromatic heterocycles. The summed E-state index contributed by atoms with van der Waals surface area (Å²) < 4.78 is 28.0. The Hall–Kier alpha value is -4.80. The van der Waals surface area contributed by atoms with Crippen LogP contribution < -0.4 is 14.2 Å². The monoisotopic (exact) mass is 649 g/mol. The van der Waals surface area contributed by atoms with E-state index in [1.54, 1.807) is 90.2 Å². The number of esters is 1. The van der Waals surface area contributed by atoms with Crippen molar-refractivity contribution in [3.05, 3.63) is 83.3 Å². The van der Waals surface area contributed by atoms with E-state index in [-0.39, 0.29) is 35.8 Å². The molecular weight excluding hydrogens is 613 g/mol. The highest BCUT2D eigenvalue weighted by Gasteiger charge is 2.29. The second-order valence-corrected chi connectivity index (χ2v) is 12.5. The van der Waals surface area contributed by atoms with Gasteiger partial charge in [-0.2, -0.15) is 0 Å². The third-order valence-electron chi connectivity index (χ3n) is 6.54. The maximum absolute atomic E-state index is 13.3. The number of benzene rings is 2. The number of rotatable bonds is 11. The van der Waals surface area contributed by atoms with Crippen molar-refractivity contribution in [3.8, 4) is 17.2 Å². The standard InChI is InChI=1S/C33H36N3O9P/c1-20(2)43-31(39)26(15-22-17-36(32(40)44-33(4,5)6)27-12-8-7-11-24(22)27)35-46(41)45-29-14-10-9-13-28(29)42-19-23-16-34-21(3)30(38)25(23)18-37/h7-14,16-18,20,26,38H,15,19H2,1-6H3/t26-/m0/s1. The summed E-state index contributed by atoms with van der Waals surface area (Å²) in [5.41, 5.74) is 1.12. The number of aromatic nitrogens is 2. The van der Waals surface area contributed by atoms with E-state index in [4.69, 9.17) is 18.7 Å². The van der Waals surface area contributed by atoms with Crippen LogP contribution in [0.4, 0.5) is 4.79 Å². The van der Waals surface area contributed by atoms with Gasteiger partial charge in [-0.3, -0.25) is 18.9 Å². The van der Waals surface area contributed by atoms with E-state index in [0.29, 0.717) is 34.0 Å². The number of aldehydes is 1. The zero-order chi connectivity index (χ0) is 33.6. The first-order chi connectivity index (χ1) is 21.8. The second-order valence-electron chi connectivity index (χ2n) is 11.7. The average molecular weight is 650 g/mol. The van der Waals surface area contributed by atoms with Gasteiger partial charge >= 0.3 is 20.2 Å². The molecule has 0 fully saturated rings. The molecule has 4 rings (SSSR count). The largest absolute Gasteiger partial charge is 0.575 e. The lowest BCUT2D eigenvalue weighted by Gasteiger charge is -2.19. The number of carbonyl (C=O) groups is 3. The molecule has 1 unspecified atom stereocenters. The molecule has 1 N–H and O–H groups in total. The predicted octanol–water partition coefficient (Wildman–Crippen LogP) is 6.02. The van der Waals surface area contributed by atoms with Gasteiger partial charge in [-0.05, 0) is 65.3 Å². The maximum Gasteiger partial charge on any atom is 0.419 e. The number of hydrogen-bond donors (Lipinski definition) is 1. The van der Waals surface area contributed by atoms with Gasteiger partial charge in [0.15, 0.2) is 18.1 Å². The number of carbonyl (C=O) groups excluding carboxylic acids is 3. The fraction of sp³-hybridized carbons (Fsp3) is 0.333. The lowest BCUT2D eigenvalue weighted by atomic mass is 10.1. The number of aryl methyl sites for hydroxylation is 1. The third-order valence-corrected chi connectivity index (χ3v) is 7.36. The highest BCUT2D eigenvalue weighted by Crippen LogP contribution is 2.35. The van der Waals surface area contributed by atoms with Crippen LogP contribution in [0.3, 0.4) is 0 Å². The number of ether oxygens (including phenoxy) is 3. The van der Waals surface area contributed by atoms with Crippen LogP contribution in [0.1, 0.15) is 61.8 Å². The highest BCUT2D eigenvalue weighted by atomic mass is 31.1. The van der Waals surface area contributed by atoms with E-state index in [0.717, 1.165) is 0 Å². The van der Waals surface area contributed by atoms with E-state index in [1.807, 2.05) is 0 Å². The molecule has 2 atom stereocenters. The van der Waals surface area contributed by atoms with E-state index < -0.39 is 38.0 Å². The van der Waals surface area contributed by atoms with Gasteiger partial charge in [0.25, 0.3) is 0 Å². The zero-order valence-electron chi connectivity index (χ0n) is 26.4. The molecule has 0 aliphatic rings. The Bertz CT molecular complexity index is 1780. The summed E-state index contributed by atoms with van der Waals surface area (Å²) in [6, 6.07) is 12.3. The first-order valence-corrected chi connectivity index (χ1v) is 15.6. The molecule has 0 amide bonds. The van der Waals surface area contributed by atoms with Crippen molar-refractivity contribution in [2.24, 2.45) is 4.74 Å². The molecule has 2 aromatic carbocycles. The molecular formula is C33H36N3O9P. The fourth-order valence-corrected chi connectivity index (χ4v) is 5.26. The molecule has 46 heavy (non-hydrogen) atoms. The Morgan fingerprint density at radius 1 is 1.09 bits per heavy atom. The van der Waals surface area contributed by atoms with Gasteiger partial charge in [0.05, 0.1) is 22.9 Å². The number of fused-ring (bicyclic) bond motifs is 1. The molecule has 0 saturated carbocycles. The summed E-state index contributed by atoms with van der Waals surface area (Å²) >= 11 is 0. The second kappa shape index (κ2) is 14.5. The Labute approximate surface area is 267 Å². The number of hydrogen-bond acceptors (Lipinski definition) is 11. The number of nitrogens with zero attached hydrogens (tertiary/aromatic N) is 3. The summed E-state index contributed by atoms with van der Waals surface area (Å²) in [7, 11) is -2.83. The van der Waals surface area contributed by atoms with E-state index in [9.17, 15) is 24.4 Å². The van der Waals surface area contributed by atoms with Crippen LogP contribution in [0.2, 0.25) is 0 Å². The third kappa shape index (κ3) is 8.47. The van der Waals surface area contributed by atoms with Crippen LogP contribution in [0, 0.1) is 6.92 Å². The van der Waals surface area contributed by atoms with Gasteiger partial charge in [-0.1, -0.05) is 35.1 Å². The molecule has 0 aliphatic heterocycles. The highest BCUT2D eigenvalue weighted by molar-refractivity contribution is 7.34. The van der Waals surface area contributed by atoms with Crippen molar-refractivity contribution in [1.82, 2.24) is 9.55 Å². The number of para-hydroxylation sites is 3. The molecule has 2 heterocycles. The minimum Gasteiger partial charge on any atom is -0.575 e. The molecule has 0 saturated heterocycles. The van der Waals surface area contributed by atoms with Crippen LogP contribution in [-0.4, -0.2) is 50.8 Å². The molecule has 12 nitrogen and oxygen atoms in total. The number of aromatic hydroxyl groups is 1. The lowest BCUT2D eigenvalue weighted by Crippen LogP contribution is -2.27. The zero-order valence-corrected chi connectivity index (χ0v) is 27.3. The minimum atomic E-state index is -2.83. The maximum atomic E-state index is 13.3. The van der Waals surface area contributed by atoms with Crippen LogP contribution >= 0.6 is 8.17 Å². The van der Waals surface area contributed by atoms with Gasteiger partial charge in [-0.25, -0.2) is 9.59 Å². The summed E-state index contributed by atoms with van der Waals surface area (Å²) in [6.45, 7) is 10.1. The Morgan fingerprint density at radius 3 is 2.43 bits per heavy atom. The summed E-state index contributed by atoms with van der Waals surface area (Å²) in [6.07, 6.45) is 2.42. The molecule has 0 bridgehead atoms. The topological polar surface area (TPSA) is 162 Å². The van der Waals surface area contributed by atoms with Crippen molar-refractivity contribution in [3.63, 3.8) is 0 Å². The Kier molecular flexibility index (Phi) is 10.8. The van der Waals surface area contributed by atoms with Crippen molar-refractivity contribution >= 4 is 37.4 Å². The van der Waals surface area contributed by atoms with Gasteiger partial charge in [0.1, 0.15) is 18.0 Å². The Morgan fingerprint density at radius 2 is 1.76 bits per heavy atom.